The molecule has 0 saturated carbocycles. The SMILES string of the molecule is COC1=CCCCC1OO. The quantitative estimate of drug-likeness (QED) is 0.472. The van der Waals surface area contributed by atoms with Gasteiger partial charge in [-0.15, -0.1) is 0 Å². The summed E-state index contributed by atoms with van der Waals surface area (Å²) in [6.07, 6.45) is 4.63. The zero-order valence-electron chi connectivity index (χ0n) is 6.04. The summed E-state index contributed by atoms with van der Waals surface area (Å²) in [4.78, 5) is 4.20. The van der Waals surface area contributed by atoms with Crippen molar-refractivity contribution in [2.75, 3.05) is 7.11 Å². The Kier molecular flexibility index (Phi) is 2.71. The van der Waals surface area contributed by atoms with Crippen LogP contribution in [0.1, 0.15) is 19.3 Å². The van der Waals surface area contributed by atoms with E-state index >= 15 is 0 Å². The summed E-state index contributed by atoms with van der Waals surface area (Å²) in [6, 6.07) is 0. The van der Waals surface area contributed by atoms with Gasteiger partial charge in [0.1, 0.15) is 11.9 Å². The predicted molar refractivity (Wildman–Crippen MR) is 36.4 cm³/mol. The molecule has 0 aliphatic heterocycles. The summed E-state index contributed by atoms with van der Waals surface area (Å²) in [6.45, 7) is 0. The maximum Gasteiger partial charge on any atom is 0.149 e. The summed E-state index contributed by atoms with van der Waals surface area (Å²) in [5.74, 6) is 0.744. The highest BCUT2D eigenvalue weighted by Crippen LogP contribution is 2.20. The van der Waals surface area contributed by atoms with Crippen molar-refractivity contribution in [2.24, 2.45) is 0 Å². The van der Waals surface area contributed by atoms with Crippen molar-refractivity contribution in [3.8, 4) is 0 Å². The minimum atomic E-state index is -0.237. The smallest absolute Gasteiger partial charge is 0.149 e. The third kappa shape index (κ3) is 1.49. The molecule has 1 aliphatic carbocycles. The number of rotatable bonds is 2. The molecule has 0 saturated heterocycles. The molecule has 0 fully saturated rings. The van der Waals surface area contributed by atoms with E-state index in [0.29, 0.717) is 0 Å². The maximum atomic E-state index is 8.37. The van der Waals surface area contributed by atoms with Gasteiger partial charge in [-0.05, 0) is 25.3 Å². The zero-order chi connectivity index (χ0) is 7.40. The lowest BCUT2D eigenvalue weighted by molar-refractivity contribution is -0.277. The molecule has 0 aromatic rings. The second-order valence-corrected chi connectivity index (χ2v) is 2.34. The average molecular weight is 144 g/mol. The first kappa shape index (κ1) is 7.57. The van der Waals surface area contributed by atoms with E-state index in [4.69, 9.17) is 9.99 Å². The van der Waals surface area contributed by atoms with Crippen LogP contribution >= 0.6 is 0 Å². The molecule has 3 heteroatoms. The largest absolute Gasteiger partial charge is 0.499 e. The van der Waals surface area contributed by atoms with Crippen LogP contribution in [-0.4, -0.2) is 18.5 Å². The number of hydrogen-bond acceptors (Lipinski definition) is 3. The molecule has 1 N–H and O–H groups in total. The third-order valence-electron chi connectivity index (χ3n) is 1.70. The van der Waals surface area contributed by atoms with E-state index in [2.05, 4.69) is 4.89 Å². The van der Waals surface area contributed by atoms with Crippen LogP contribution in [0.5, 0.6) is 0 Å². The van der Waals surface area contributed by atoms with Gasteiger partial charge in [-0.25, -0.2) is 4.89 Å². The molecular formula is C7H12O3. The fraction of sp³-hybridized carbons (Fsp3) is 0.714. The molecule has 1 aliphatic rings. The van der Waals surface area contributed by atoms with Crippen LogP contribution < -0.4 is 0 Å². The Hall–Kier alpha value is -0.540. The van der Waals surface area contributed by atoms with E-state index in [-0.39, 0.29) is 6.10 Å². The van der Waals surface area contributed by atoms with Crippen molar-refractivity contribution in [3.05, 3.63) is 11.8 Å². The van der Waals surface area contributed by atoms with Crippen molar-refractivity contribution in [2.45, 2.75) is 25.4 Å². The van der Waals surface area contributed by atoms with Gasteiger partial charge in [0.25, 0.3) is 0 Å². The Bertz CT molecular complexity index is 131. The molecule has 0 radical (unpaired) electrons. The van der Waals surface area contributed by atoms with Crippen LogP contribution in [0.25, 0.3) is 0 Å². The maximum absolute atomic E-state index is 8.37. The molecule has 0 bridgehead atoms. The minimum absolute atomic E-state index is 0.237. The van der Waals surface area contributed by atoms with Gasteiger partial charge in [-0.2, -0.15) is 0 Å². The average Bonchev–Trinajstić information content (AvgIpc) is 2.04. The summed E-state index contributed by atoms with van der Waals surface area (Å²) in [7, 11) is 1.59. The highest BCUT2D eigenvalue weighted by atomic mass is 17.1. The van der Waals surface area contributed by atoms with Crippen LogP contribution in [-0.2, 0) is 9.62 Å². The summed E-state index contributed by atoms with van der Waals surface area (Å²) in [5.41, 5.74) is 0. The number of methoxy groups -OCH3 is 1. The van der Waals surface area contributed by atoms with Crippen LogP contribution in [0.2, 0.25) is 0 Å². The first-order chi connectivity index (χ1) is 4.88. The van der Waals surface area contributed by atoms with Gasteiger partial charge in [-0.1, -0.05) is 0 Å². The fourth-order valence-electron chi connectivity index (χ4n) is 1.14. The normalized spacial score (nSPS) is 25.8. The van der Waals surface area contributed by atoms with Crippen molar-refractivity contribution < 1.29 is 14.9 Å². The number of ether oxygens (including phenoxy) is 1. The second-order valence-electron chi connectivity index (χ2n) is 2.34. The third-order valence-corrected chi connectivity index (χ3v) is 1.70. The summed E-state index contributed by atoms with van der Waals surface area (Å²) in [5, 5.41) is 8.37. The van der Waals surface area contributed by atoms with Crippen molar-refractivity contribution in [1.29, 1.82) is 0 Å². The Labute approximate surface area is 60.2 Å². The van der Waals surface area contributed by atoms with Crippen molar-refractivity contribution in [1.82, 2.24) is 0 Å². The summed E-state index contributed by atoms with van der Waals surface area (Å²) >= 11 is 0. The van der Waals surface area contributed by atoms with Gasteiger partial charge < -0.3 is 4.74 Å². The lowest BCUT2D eigenvalue weighted by Gasteiger charge is -2.19. The predicted octanol–water partition coefficient (Wildman–Crippen LogP) is 1.56. The van der Waals surface area contributed by atoms with E-state index in [1.807, 2.05) is 6.08 Å². The molecule has 3 nitrogen and oxygen atoms in total. The van der Waals surface area contributed by atoms with Crippen LogP contribution in [0.15, 0.2) is 11.8 Å². The van der Waals surface area contributed by atoms with Gasteiger partial charge in [0.15, 0.2) is 0 Å². The molecule has 1 rings (SSSR count). The molecule has 0 spiro atoms. The van der Waals surface area contributed by atoms with E-state index < -0.39 is 0 Å². The van der Waals surface area contributed by atoms with Crippen LogP contribution in [0.4, 0.5) is 0 Å². The number of hydrogen-bond donors (Lipinski definition) is 1. The fourth-order valence-corrected chi connectivity index (χ4v) is 1.14. The Balaban J connectivity index is 2.53. The van der Waals surface area contributed by atoms with E-state index in [9.17, 15) is 0 Å². The minimum Gasteiger partial charge on any atom is -0.499 e. The summed E-state index contributed by atoms with van der Waals surface area (Å²) < 4.78 is 4.97. The van der Waals surface area contributed by atoms with Crippen LogP contribution in [0, 0.1) is 0 Å². The van der Waals surface area contributed by atoms with Crippen molar-refractivity contribution in [3.63, 3.8) is 0 Å². The Morgan fingerprint density at radius 2 is 2.50 bits per heavy atom. The molecular weight excluding hydrogens is 132 g/mol. The molecule has 1 unspecified atom stereocenters. The molecule has 0 aromatic heterocycles. The van der Waals surface area contributed by atoms with Gasteiger partial charge in [0.05, 0.1) is 7.11 Å². The highest BCUT2D eigenvalue weighted by molar-refractivity contribution is 5.03. The topological polar surface area (TPSA) is 38.7 Å². The molecule has 58 valence electrons. The van der Waals surface area contributed by atoms with Crippen LogP contribution in [0.3, 0.4) is 0 Å². The molecule has 10 heavy (non-hydrogen) atoms. The second kappa shape index (κ2) is 3.58. The van der Waals surface area contributed by atoms with Gasteiger partial charge in [-0.3, -0.25) is 5.26 Å². The molecule has 0 heterocycles. The van der Waals surface area contributed by atoms with Crippen molar-refractivity contribution >= 4 is 0 Å². The molecule has 1 atom stereocenters. The first-order valence-electron chi connectivity index (χ1n) is 3.42. The number of allylic oxidation sites excluding steroid dienone is 1. The molecule has 0 amide bonds. The van der Waals surface area contributed by atoms with E-state index in [1.54, 1.807) is 7.11 Å². The van der Waals surface area contributed by atoms with Gasteiger partial charge in [0.2, 0.25) is 0 Å². The van der Waals surface area contributed by atoms with Gasteiger partial charge in [0, 0.05) is 0 Å². The van der Waals surface area contributed by atoms with Gasteiger partial charge >= 0.3 is 0 Å². The monoisotopic (exact) mass is 144 g/mol. The van der Waals surface area contributed by atoms with E-state index in [1.165, 1.54) is 0 Å². The first-order valence-corrected chi connectivity index (χ1v) is 3.42. The highest BCUT2D eigenvalue weighted by Gasteiger charge is 2.18. The van der Waals surface area contributed by atoms with E-state index in [0.717, 1.165) is 25.0 Å². The Morgan fingerprint density at radius 3 is 3.00 bits per heavy atom. The zero-order valence-corrected chi connectivity index (χ0v) is 6.04. The Morgan fingerprint density at radius 1 is 1.70 bits per heavy atom. The molecule has 0 aromatic carbocycles. The lowest BCUT2D eigenvalue weighted by Crippen LogP contribution is -2.18. The lowest BCUT2D eigenvalue weighted by atomic mass is 10.0. The standard InChI is InChI=1S/C7H12O3/c1-9-6-4-2-3-5-7(6)10-8/h4,7-8H,2-3,5H2,1H3.